The van der Waals surface area contributed by atoms with Gasteiger partial charge in [-0.05, 0) is 18.6 Å². The number of rotatable bonds is 4. The van der Waals surface area contributed by atoms with Gasteiger partial charge in [0.25, 0.3) is 0 Å². The molecule has 6 nitrogen and oxygen atoms in total. The van der Waals surface area contributed by atoms with Crippen LogP contribution in [0, 0.1) is 5.82 Å². The summed E-state index contributed by atoms with van der Waals surface area (Å²) in [5.74, 6) is -0.978. The van der Waals surface area contributed by atoms with Crippen molar-refractivity contribution >= 4 is 15.7 Å². The Morgan fingerprint density at radius 1 is 1.53 bits per heavy atom. The van der Waals surface area contributed by atoms with Crippen LogP contribution >= 0.6 is 0 Å². The van der Waals surface area contributed by atoms with Gasteiger partial charge in [0.1, 0.15) is 0 Å². The zero-order valence-electron chi connectivity index (χ0n) is 10.3. The molecular weight excluding hydrogens is 275 g/mol. The highest BCUT2D eigenvalue weighted by Crippen LogP contribution is 2.28. The summed E-state index contributed by atoms with van der Waals surface area (Å²) in [7, 11) is -2.56. The van der Waals surface area contributed by atoms with Crippen LogP contribution in [0.4, 0.5) is 10.1 Å². The number of hydrogen-bond acceptors (Lipinski definition) is 5. The van der Waals surface area contributed by atoms with Crippen molar-refractivity contribution in [1.29, 1.82) is 0 Å². The predicted molar refractivity (Wildman–Crippen MR) is 66.9 cm³/mol. The maximum absolute atomic E-state index is 13.6. The first-order chi connectivity index (χ1) is 8.94. The van der Waals surface area contributed by atoms with Gasteiger partial charge in [-0.1, -0.05) is 0 Å². The van der Waals surface area contributed by atoms with Crippen LogP contribution in [0.3, 0.4) is 0 Å². The SMILES string of the molecule is COc1c(N)cc(S(=O)(=O)NC2CCOC2)cc1F. The van der Waals surface area contributed by atoms with Crippen molar-refractivity contribution < 1.29 is 22.3 Å². The third-order valence-corrected chi connectivity index (χ3v) is 4.31. The summed E-state index contributed by atoms with van der Waals surface area (Å²) in [6, 6.07) is 1.75. The van der Waals surface area contributed by atoms with Crippen LogP contribution in [0.2, 0.25) is 0 Å². The van der Waals surface area contributed by atoms with Crippen molar-refractivity contribution in [1.82, 2.24) is 4.72 Å². The molecule has 0 saturated carbocycles. The second kappa shape index (κ2) is 5.32. The molecule has 0 radical (unpaired) electrons. The fourth-order valence-electron chi connectivity index (χ4n) is 1.87. The molecule has 0 amide bonds. The van der Waals surface area contributed by atoms with E-state index in [0.29, 0.717) is 19.6 Å². The Hall–Kier alpha value is -1.38. The normalized spacial score (nSPS) is 19.6. The molecule has 1 heterocycles. The largest absolute Gasteiger partial charge is 0.492 e. The van der Waals surface area contributed by atoms with Crippen molar-refractivity contribution in [3.05, 3.63) is 17.9 Å². The topological polar surface area (TPSA) is 90.7 Å². The first-order valence-corrected chi connectivity index (χ1v) is 7.15. The molecule has 1 aliphatic rings. The predicted octanol–water partition coefficient (Wildman–Crippen LogP) is 0.484. The van der Waals surface area contributed by atoms with Crippen LogP contribution in [0.1, 0.15) is 6.42 Å². The third kappa shape index (κ3) is 2.96. The molecule has 1 atom stereocenters. The molecule has 1 unspecified atom stereocenters. The Morgan fingerprint density at radius 2 is 2.26 bits per heavy atom. The molecule has 0 spiro atoms. The number of halogens is 1. The number of nitrogens with two attached hydrogens (primary N) is 1. The first kappa shape index (κ1) is 14.0. The van der Waals surface area contributed by atoms with Crippen molar-refractivity contribution in [2.24, 2.45) is 0 Å². The number of methoxy groups -OCH3 is 1. The quantitative estimate of drug-likeness (QED) is 0.787. The molecule has 8 heteroatoms. The van der Waals surface area contributed by atoms with Gasteiger partial charge >= 0.3 is 0 Å². The van der Waals surface area contributed by atoms with E-state index in [1.54, 1.807) is 0 Å². The summed E-state index contributed by atoms with van der Waals surface area (Å²) in [6.07, 6.45) is 0.591. The van der Waals surface area contributed by atoms with E-state index in [2.05, 4.69) is 4.72 Å². The van der Waals surface area contributed by atoms with Gasteiger partial charge in [-0.25, -0.2) is 17.5 Å². The van der Waals surface area contributed by atoms with E-state index in [4.69, 9.17) is 15.2 Å². The molecule has 1 saturated heterocycles. The second-order valence-corrected chi connectivity index (χ2v) is 5.92. The molecule has 0 aromatic heterocycles. The monoisotopic (exact) mass is 290 g/mol. The number of benzene rings is 1. The number of ether oxygens (including phenoxy) is 2. The Labute approximate surface area is 110 Å². The molecule has 1 aromatic carbocycles. The van der Waals surface area contributed by atoms with Crippen LogP contribution in [0.25, 0.3) is 0 Å². The summed E-state index contributed by atoms with van der Waals surface area (Å²) in [5, 5.41) is 0. The lowest BCUT2D eigenvalue weighted by Gasteiger charge is -2.13. The minimum Gasteiger partial charge on any atom is -0.492 e. The molecular formula is C11H15FN2O4S. The van der Waals surface area contributed by atoms with E-state index in [-0.39, 0.29) is 22.4 Å². The molecule has 1 aliphatic heterocycles. The van der Waals surface area contributed by atoms with E-state index in [9.17, 15) is 12.8 Å². The van der Waals surface area contributed by atoms with Crippen molar-refractivity contribution in [2.45, 2.75) is 17.4 Å². The van der Waals surface area contributed by atoms with E-state index in [0.717, 1.165) is 6.07 Å². The van der Waals surface area contributed by atoms with E-state index in [1.165, 1.54) is 13.2 Å². The Morgan fingerprint density at radius 3 is 2.79 bits per heavy atom. The maximum Gasteiger partial charge on any atom is 0.241 e. The summed E-state index contributed by atoms with van der Waals surface area (Å²) < 4.78 is 50.0. The highest BCUT2D eigenvalue weighted by atomic mass is 32.2. The summed E-state index contributed by atoms with van der Waals surface area (Å²) in [5.41, 5.74) is 5.49. The fourth-order valence-corrected chi connectivity index (χ4v) is 3.18. The first-order valence-electron chi connectivity index (χ1n) is 5.67. The fraction of sp³-hybridized carbons (Fsp3) is 0.455. The Bertz CT molecular complexity index is 547. The summed E-state index contributed by atoms with van der Waals surface area (Å²) in [6.45, 7) is 0.819. The van der Waals surface area contributed by atoms with Gasteiger partial charge in [-0.15, -0.1) is 0 Å². The van der Waals surface area contributed by atoms with Gasteiger partial charge in [-0.3, -0.25) is 0 Å². The van der Waals surface area contributed by atoms with Crippen LogP contribution < -0.4 is 15.2 Å². The lowest BCUT2D eigenvalue weighted by atomic mass is 10.3. The van der Waals surface area contributed by atoms with E-state index >= 15 is 0 Å². The van der Waals surface area contributed by atoms with Crippen molar-refractivity contribution in [3.8, 4) is 5.75 Å². The lowest BCUT2D eigenvalue weighted by Crippen LogP contribution is -2.35. The standard InChI is InChI=1S/C11H15FN2O4S/c1-17-11-9(12)4-8(5-10(11)13)19(15,16)14-7-2-3-18-6-7/h4-5,7,14H,2-3,6,13H2,1H3. The van der Waals surface area contributed by atoms with E-state index < -0.39 is 15.8 Å². The molecule has 3 N–H and O–H groups in total. The molecule has 1 aromatic rings. The zero-order chi connectivity index (χ0) is 14.0. The minimum absolute atomic E-state index is 0.0643. The van der Waals surface area contributed by atoms with Gasteiger partial charge in [0.15, 0.2) is 11.6 Å². The number of hydrogen-bond donors (Lipinski definition) is 2. The van der Waals surface area contributed by atoms with E-state index in [1.807, 2.05) is 0 Å². The highest BCUT2D eigenvalue weighted by Gasteiger charge is 2.25. The summed E-state index contributed by atoms with van der Waals surface area (Å²) in [4.78, 5) is -0.227. The van der Waals surface area contributed by atoms with Crippen LogP contribution in [-0.4, -0.2) is 34.8 Å². The molecule has 1 fully saturated rings. The van der Waals surface area contributed by atoms with Crippen molar-refractivity contribution in [3.63, 3.8) is 0 Å². The van der Waals surface area contributed by atoms with Crippen LogP contribution in [-0.2, 0) is 14.8 Å². The average molecular weight is 290 g/mol. The summed E-state index contributed by atoms with van der Waals surface area (Å²) >= 11 is 0. The number of anilines is 1. The van der Waals surface area contributed by atoms with Crippen LogP contribution in [0.5, 0.6) is 5.75 Å². The highest BCUT2D eigenvalue weighted by molar-refractivity contribution is 7.89. The van der Waals surface area contributed by atoms with Gasteiger partial charge in [0.05, 0.1) is 24.3 Å². The molecule has 0 aliphatic carbocycles. The molecule has 0 bridgehead atoms. The van der Waals surface area contributed by atoms with Gasteiger partial charge in [-0.2, -0.15) is 0 Å². The molecule has 2 rings (SSSR count). The lowest BCUT2D eigenvalue weighted by molar-refractivity contribution is 0.192. The van der Waals surface area contributed by atoms with Crippen LogP contribution in [0.15, 0.2) is 17.0 Å². The number of sulfonamides is 1. The molecule has 19 heavy (non-hydrogen) atoms. The average Bonchev–Trinajstić information content (AvgIpc) is 2.80. The number of nitrogen functional groups attached to an aromatic ring is 1. The Kier molecular flexibility index (Phi) is 3.93. The smallest absolute Gasteiger partial charge is 0.241 e. The van der Waals surface area contributed by atoms with Crippen molar-refractivity contribution in [2.75, 3.05) is 26.1 Å². The third-order valence-electron chi connectivity index (χ3n) is 2.81. The van der Waals surface area contributed by atoms with Gasteiger partial charge < -0.3 is 15.2 Å². The van der Waals surface area contributed by atoms with Gasteiger partial charge in [0.2, 0.25) is 10.0 Å². The van der Waals surface area contributed by atoms with Gasteiger partial charge in [0, 0.05) is 12.6 Å². The maximum atomic E-state index is 13.6. The number of nitrogens with one attached hydrogen (secondary N) is 1. The second-order valence-electron chi connectivity index (χ2n) is 4.21. The minimum atomic E-state index is -3.82. The zero-order valence-corrected chi connectivity index (χ0v) is 11.2. The molecule has 106 valence electrons. The Balaban J connectivity index is 2.29.